The lowest BCUT2D eigenvalue weighted by Crippen LogP contribution is -2.23. The minimum Gasteiger partial charge on any atom is -0.424 e. The number of hydrogen-bond donors (Lipinski definition) is 1. The molecule has 152 valence electrons. The normalized spacial score (nSPS) is 11.5. The third-order valence-electron chi connectivity index (χ3n) is 3.77. The highest BCUT2D eigenvalue weighted by Crippen LogP contribution is 2.34. The van der Waals surface area contributed by atoms with E-state index in [0.29, 0.717) is 11.6 Å². The molecule has 2 aromatic heterocycles. The van der Waals surface area contributed by atoms with Crippen LogP contribution >= 0.6 is 11.6 Å². The molecule has 0 aliphatic heterocycles. The molecule has 29 heavy (non-hydrogen) atoms. The second kappa shape index (κ2) is 8.56. The molecule has 0 spiro atoms. The first kappa shape index (κ1) is 20.7. The van der Waals surface area contributed by atoms with Crippen molar-refractivity contribution in [1.82, 2.24) is 25.3 Å². The molecule has 2 heterocycles. The molecule has 7 nitrogen and oxygen atoms in total. The van der Waals surface area contributed by atoms with Crippen LogP contribution in [0.2, 0.25) is 5.02 Å². The van der Waals surface area contributed by atoms with Crippen molar-refractivity contribution < 1.29 is 22.7 Å². The molecule has 3 aromatic rings. The lowest BCUT2D eigenvalue weighted by Gasteiger charge is -2.13. The minimum atomic E-state index is -4.73. The number of carbonyl (C=O) groups excluding carboxylic acids is 1. The largest absolute Gasteiger partial charge is 0.451 e. The van der Waals surface area contributed by atoms with Crippen LogP contribution < -0.4 is 10.1 Å². The number of ether oxygens (including phenoxy) is 1. The van der Waals surface area contributed by atoms with Crippen LogP contribution in [0, 0.1) is 0 Å². The first-order valence-electron chi connectivity index (χ1n) is 8.57. The Labute approximate surface area is 168 Å². The maximum absolute atomic E-state index is 13.2. The van der Waals surface area contributed by atoms with E-state index in [-0.39, 0.29) is 47.1 Å². The van der Waals surface area contributed by atoms with E-state index < -0.39 is 12.0 Å². The standard InChI is InChI=1S/C18H15ClF3N5O2/c1-2-23-14(28)7-6-12-15-11(26-16(27-12)18(20,21)22)4-3-5-13(15)29-17-24-8-10(19)9-25-17/h3-5,8-9H,2,6-7H2,1H3,(H,23,28). The van der Waals surface area contributed by atoms with Gasteiger partial charge in [0.1, 0.15) is 5.75 Å². The van der Waals surface area contributed by atoms with Gasteiger partial charge in [0.15, 0.2) is 0 Å². The Morgan fingerprint density at radius 1 is 1.21 bits per heavy atom. The number of hydrogen-bond acceptors (Lipinski definition) is 6. The predicted molar refractivity (Wildman–Crippen MR) is 98.7 cm³/mol. The molecular weight excluding hydrogens is 411 g/mol. The van der Waals surface area contributed by atoms with Gasteiger partial charge in [0.25, 0.3) is 0 Å². The van der Waals surface area contributed by atoms with Gasteiger partial charge in [-0.2, -0.15) is 13.2 Å². The fourth-order valence-electron chi connectivity index (χ4n) is 2.59. The van der Waals surface area contributed by atoms with E-state index in [2.05, 4.69) is 25.3 Å². The average Bonchev–Trinajstić information content (AvgIpc) is 2.67. The lowest BCUT2D eigenvalue weighted by atomic mass is 10.1. The first-order chi connectivity index (χ1) is 13.8. The van der Waals surface area contributed by atoms with E-state index in [4.69, 9.17) is 16.3 Å². The predicted octanol–water partition coefficient (Wildman–Crippen LogP) is 3.95. The van der Waals surface area contributed by atoms with Gasteiger partial charge in [0, 0.05) is 13.0 Å². The molecule has 1 N–H and O–H groups in total. The Morgan fingerprint density at radius 2 is 1.93 bits per heavy atom. The molecule has 0 saturated heterocycles. The summed E-state index contributed by atoms with van der Waals surface area (Å²) in [5.41, 5.74) is 0.0721. The Hall–Kier alpha value is -3.01. The molecular formula is C18H15ClF3N5O2. The van der Waals surface area contributed by atoms with Crippen molar-refractivity contribution in [3.05, 3.63) is 47.1 Å². The van der Waals surface area contributed by atoms with Gasteiger partial charge in [0.2, 0.25) is 11.7 Å². The summed E-state index contributed by atoms with van der Waals surface area (Å²) in [7, 11) is 0. The van der Waals surface area contributed by atoms with Crippen LogP contribution in [0.4, 0.5) is 13.2 Å². The van der Waals surface area contributed by atoms with Gasteiger partial charge in [-0.15, -0.1) is 0 Å². The van der Waals surface area contributed by atoms with Crippen molar-refractivity contribution in [3.8, 4) is 11.8 Å². The van der Waals surface area contributed by atoms with E-state index in [9.17, 15) is 18.0 Å². The Balaban J connectivity index is 2.07. The topological polar surface area (TPSA) is 89.9 Å². The second-order valence-electron chi connectivity index (χ2n) is 5.88. The molecule has 1 amide bonds. The van der Waals surface area contributed by atoms with Crippen LogP contribution in [0.5, 0.6) is 11.8 Å². The molecule has 0 saturated carbocycles. The van der Waals surface area contributed by atoms with Gasteiger partial charge in [0.05, 0.1) is 34.0 Å². The molecule has 0 aliphatic carbocycles. The lowest BCUT2D eigenvalue weighted by molar-refractivity contribution is -0.144. The van der Waals surface area contributed by atoms with Crippen molar-refractivity contribution in [3.63, 3.8) is 0 Å². The molecule has 3 rings (SSSR count). The van der Waals surface area contributed by atoms with Gasteiger partial charge in [-0.25, -0.2) is 19.9 Å². The van der Waals surface area contributed by atoms with Crippen molar-refractivity contribution in [2.75, 3.05) is 6.54 Å². The van der Waals surface area contributed by atoms with Gasteiger partial charge in [-0.1, -0.05) is 17.7 Å². The monoisotopic (exact) mass is 425 g/mol. The highest BCUT2D eigenvalue weighted by Gasteiger charge is 2.35. The minimum absolute atomic E-state index is 0.0320. The highest BCUT2D eigenvalue weighted by atomic mass is 35.5. The number of aryl methyl sites for hydroxylation is 1. The number of alkyl halides is 3. The van der Waals surface area contributed by atoms with Gasteiger partial charge in [-0.3, -0.25) is 4.79 Å². The van der Waals surface area contributed by atoms with Crippen molar-refractivity contribution in [1.29, 1.82) is 0 Å². The number of fused-ring (bicyclic) bond motifs is 1. The molecule has 1 aromatic carbocycles. The van der Waals surface area contributed by atoms with Crippen LogP contribution in [0.3, 0.4) is 0 Å². The van der Waals surface area contributed by atoms with Gasteiger partial charge < -0.3 is 10.1 Å². The summed E-state index contributed by atoms with van der Waals surface area (Å²) in [6.45, 7) is 2.16. The molecule has 0 atom stereocenters. The smallest absolute Gasteiger partial charge is 0.424 e. The van der Waals surface area contributed by atoms with E-state index in [0.717, 1.165) is 0 Å². The third-order valence-corrected chi connectivity index (χ3v) is 3.97. The molecule has 0 bridgehead atoms. The Kier molecular flexibility index (Phi) is 6.12. The fourth-order valence-corrected chi connectivity index (χ4v) is 2.68. The maximum Gasteiger partial charge on any atom is 0.451 e. The number of benzene rings is 1. The van der Waals surface area contributed by atoms with Crippen LogP contribution in [0.1, 0.15) is 24.9 Å². The number of carbonyl (C=O) groups is 1. The summed E-state index contributed by atoms with van der Waals surface area (Å²) in [5.74, 6) is -1.41. The molecule has 0 unspecified atom stereocenters. The van der Waals surface area contributed by atoms with E-state index in [1.165, 1.54) is 30.6 Å². The first-order valence-corrected chi connectivity index (χ1v) is 8.94. The number of rotatable bonds is 6. The van der Waals surface area contributed by atoms with Crippen molar-refractivity contribution >= 4 is 28.4 Å². The Morgan fingerprint density at radius 3 is 2.59 bits per heavy atom. The van der Waals surface area contributed by atoms with Gasteiger partial charge in [-0.05, 0) is 25.5 Å². The molecule has 11 heteroatoms. The Bertz CT molecular complexity index is 1030. The second-order valence-corrected chi connectivity index (χ2v) is 6.32. The zero-order valence-electron chi connectivity index (χ0n) is 15.1. The van der Waals surface area contributed by atoms with Gasteiger partial charge >= 0.3 is 12.2 Å². The number of nitrogens with zero attached hydrogens (tertiary/aromatic N) is 4. The number of amides is 1. The van der Waals surface area contributed by atoms with Crippen LogP contribution in [0.15, 0.2) is 30.6 Å². The fraction of sp³-hybridized carbons (Fsp3) is 0.278. The highest BCUT2D eigenvalue weighted by molar-refractivity contribution is 6.30. The van der Waals surface area contributed by atoms with Crippen molar-refractivity contribution in [2.45, 2.75) is 25.9 Å². The van der Waals surface area contributed by atoms with Crippen molar-refractivity contribution in [2.24, 2.45) is 0 Å². The van der Waals surface area contributed by atoms with Crippen LogP contribution in [-0.4, -0.2) is 32.4 Å². The average molecular weight is 426 g/mol. The SMILES string of the molecule is CCNC(=O)CCc1nc(C(F)(F)F)nc2cccc(Oc3ncc(Cl)cn3)c12. The summed E-state index contributed by atoms with van der Waals surface area (Å²) in [6.07, 6.45) is -2.16. The zero-order valence-corrected chi connectivity index (χ0v) is 15.9. The van der Waals surface area contributed by atoms with E-state index in [1.54, 1.807) is 6.92 Å². The molecule has 0 radical (unpaired) electrons. The van der Waals surface area contributed by atoms with E-state index in [1.807, 2.05) is 0 Å². The summed E-state index contributed by atoms with van der Waals surface area (Å²) < 4.78 is 45.3. The quantitative estimate of drug-likeness (QED) is 0.643. The maximum atomic E-state index is 13.2. The molecule has 0 aliphatic rings. The summed E-state index contributed by atoms with van der Waals surface area (Å²) in [6, 6.07) is 4.40. The zero-order chi connectivity index (χ0) is 21.0. The summed E-state index contributed by atoms with van der Waals surface area (Å²) in [5, 5.41) is 3.16. The molecule has 0 fully saturated rings. The van der Waals surface area contributed by atoms with Crippen LogP contribution in [0.25, 0.3) is 10.9 Å². The van der Waals surface area contributed by atoms with E-state index >= 15 is 0 Å². The summed E-state index contributed by atoms with van der Waals surface area (Å²) in [4.78, 5) is 26.9. The number of aromatic nitrogens is 4. The number of nitrogens with one attached hydrogen (secondary N) is 1. The van der Waals surface area contributed by atoms with Crippen LogP contribution in [-0.2, 0) is 17.4 Å². The number of halogens is 4. The third kappa shape index (κ3) is 5.08. The summed E-state index contributed by atoms with van der Waals surface area (Å²) >= 11 is 5.75.